The Labute approximate surface area is 155 Å². The molecule has 3 rings (SSSR count). The minimum absolute atomic E-state index is 0.698. The van der Waals surface area contributed by atoms with Crippen molar-refractivity contribution >= 4 is 17.3 Å². The maximum absolute atomic E-state index is 4.70. The Morgan fingerprint density at radius 1 is 1.08 bits per heavy atom. The van der Waals surface area contributed by atoms with Gasteiger partial charge in [0, 0.05) is 18.0 Å². The molecule has 1 saturated heterocycles. The minimum atomic E-state index is 0.698. The highest BCUT2D eigenvalue weighted by Gasteiger charge is 2.11. The Bertz CT molecular complexity index is 643. The van der Waals surface area contributed by atoms with Gasteiger partial charge in [-0.3, -0.25) is 4.90 Å². The van der Waals surface area contributed by atoms with Gasteiger partial charge in [-0.2, -0.15) is 0 Å². The van der Waals surface area contributed by atoms with E-state index in [1.807, 2.05) is 0 Å². The van der Waals surface area contributed by atoms with Gasteiger partial charge >= 0.3 is 0 Å². The highest BCUT2D eigenvalue weighted by atomic mass is 32.1. The summed E-state index contributed by atoms with van der Waals surface area (Å²) in [7, 11) is 0. The van der Waals surface area contributed by atoms with Gasteiger partial charge in [0.1, 0.15) is 0 Å². The molecule has 1 fully saturated rings. The third-order valence-electron chi connectivity index (χ3n) is 4.40. The van der Waals surface area contributed by atoms with Crippen LogP contribution in [0.2, 0.25) is 0 Å². The van der Waals surface area contributed by atoms with Gasteiger partial charge in [0.25, 0.3) is 0 Å². The van der Waals surface area contributed by atoms with Crippen molar-refractivity contribution in [3.8, 4) is 0 Å². The zero-order valence-electron chi connectivity index (χ0n) is 15.0. The number of rotatable bonds is 7. The predicted molar refractivity (Wildman–Crippen MR) is 107 cm³/mol. The normalized spacial score (nSPS) is 15.5. The van der Waals surface area contributed by atoms with Gasteiger partial charge in [-0.05, 0) is 55.4 Å². The number of thiophene rings is 1. The van der Waals surface area contributed by atoms with Crippen LogP contribution in [0.15, 0.2) is 46.8 Å². The van der Waals surface area contributed by atoms with E-state index in [2.05, 4.69) is 64.2 Å². The molecule has 0 radical (unpaired) electrons. The zero-order valence-corrected chi connectivity index (χ0v) is 15.8. The molecule has 1 aliphatic heterocycles. The summed E-state index contributed by atoms with van der Waals surface area (Å²) in [6, 6.07) is 13.1. The fourth-order valence-corrected chi connectivity index (χ4v) is 3.69. The van der Waals surface area contributed by atoms with E-state index < -0.39 is 0 Å². The second-order valence-corrected chi connectivity index (χ2v) is 7.46. The van der Waals surface area contributed by atoms with E-state index in [1.165, 1.54) is 41.9 Å². The molecule has 0 aliphatic carbocycles. The number of hydrogen-bond donors (Lipinski definition) is 2. The van der Waals surface area contributed by atoms with Crippen LogP contribution in [0.4, 0.5) is 0 Å². The van der Waals surface area contributed by atoms with E-state index in [-0.39, 0.29) is 0 Å². The molecule has 0 atom stereocenters. The Hall–Kier alpha value is -1.85. The van der Waals surface area contributed by atoms with Crippen molar-refractivity contribution in [1.82, 2.24) is 15.5 Å². The van der Waals surface area contributed by atoms with E-state index in [0.717, 1.165) is 25.6 Å². The first-order valence-electron chi connectivity index (χ1n) is 9.18. The average molecular weight is 357 g/mol. The van der Waals surface area contributed by atoms with Crippen LogP contribution < -0.4 is 10.6 Å². The van der Waals surface area contributed by atoms with Crippen molar-refractivity contribution in [3.63, 3.8) is 0 Å². The number of hydrogen-bond acceptors (Lipinski definition) is 3. The highest BCUT2D eigenvalue weighted by molar-refractivity contribution is 7.09. The maximum atomic E-state index is 4.70. The van der Waals surface area contributed by atoms with E-state index in [0.29, 0.717) is 6.54 Å². The molecule has 134 valence electrons. The summed E-state index contributed by atoms with van der Waals surface area (Å²) in [6.07, 6.45) is 2.69. The van der Waals surface area contributed by atoms with E-state index in [4.69, 9.17) is 4.99 Å². The standard InChI is InChI=1S/C20H28N4S/c1-2-21-20(23-15-19-6-5-13-25-19)22-14-17-7-9-18(10-8-17)16-24-11-3-4-12-24/h5-10,13H,2-4,11-12,14-16H2,1H3,(H2,21,22,23). The Balaban J connectivity index is 1.52. The Morgan fingerprint density at radius 2 is 1.84 bits per heavy atom. The van der Waals surface area contributed by atoms with Crippen LogP contribution in [0, 0.1) is 0 Å². The van der Waals surface area contributed by atoms with E-state index in [1.54, 1.807) is 11.3 Å². The Morgan fingerprint density at radius 3 is 2.52 bits per heavy atom. The summed E-state index contributed by atoms with van der Waals surface area (Å²) in [6.45, 7) is 8.04. The smallest absolute Gasteiger partial charge is 0.191 e. The molecule has 4 nitrogen and oxygen atoms in total. The van der Waals surface area contributed by atoms with Gasteiger partial charge in [-0.25, -0.2) is 4.99 Å². The minimum Gasteiger partial charge on any atom is -0.357 e. The quantitative estimate of drug-likeness (QED) is 0.588. The average Bonchev–Trinajstić information content (AvgIpc) is 3.32. The topological polar surface area (TPSA) is 39.7 Å². The van der Waals surface area contributed by atoms with Gasteiger partial charge in [-0.1, -0.05) is 30.3 Å². The second-order valence-electron chi connectivity index (χ2n) is 6.43. The van der Waals surface area contributed by atoms with Crippen LogP contribution in [0.1, 0.15) is 35.8 Å². The lowest BCUT2D eigenvalue weighted by Crippen LogP contribution is -2.36. The molecule has 5 heteroatoms. The van der Waals surface area contributed by atoms with Gasteiger partial charge in [0.15, 0.2) is 5.96 Å². The number of guanidine groups is 1. The van der Waals surface area contributed by atoms with Crippen molar-refractivity contribution < 1.29 is 0 Å². The molecule has 0 spiro atoms. The van der Waals surface area contributed by atoms with Crippen molar-refractivity contribution in [2.45, 2.75) is 39.4 Å². The number of benzene rings is 1. The first-order chi connectivity index (χ1) is 12.3. The lowest BCUT2D eigenvalue weighted by molar-refractivity contribution is 0.331. The first kappa shape index (κ1) is 18.0. The molecular weight excluding hydrogens is 328 g/mol. The molecule has 1 aliphatic rings. The Kier molecular flexibility index (Phi) is 6.89. The molecule has 0 saturated carbocycles. The molecule has 0 amide bonds. The fourth-order valence-electron chi connectivity index (χ4n) is 3.05. The van der Waals surface area contributed by atoms with Crippen molar-refractivity contribution in [3.05, 3.63) is 57.8 Å². The number of likely N-dealkylation sites (tertiary alicyclic amines) is 1. The monoisotopic (exact) mass is 356 g/mol. The lowest BCUT2D eigenvalue weighted by Gasteiger charge is -2.14. The van der Waals surface area contributed by atoms with E-state index >= 15 is 0 Å². The molecule has 1 aromatic carbocycles. The molecule has 2 N–H and O–H groups in total. The van der Waals surface area contributed by atoms with Crippen LogP contribution in [0.25, 0.3) is 0 Å². The number of nitrogens with one attached hydrogen (secondary N) is 2. The molecule has 2 heterocycles. The van der Waals surface area contributed by atoms with Crippen LogP contribution in [-0.2, 0) is 19.6 Å². The summed E-state index contributed by atoms with van der Waals surface area (Å²) in [5, 5.41) is 8.81. The van der Waals surface area contributed by atoms with Crippen LogP contribution in [0.3, 0.4) is 0 Å². The van der Waals surface area contributed by atoms with Gasteiger partial charge < -0.3 is 10.6 Å². The van der Waals surface area contributed by atoms with Gasteiger partial charge in [0.2, 0.25) is 0 Å². The van der Waals surface area contributed by atoms with Crippen LogP contribution in [0.5, 0.6) is 0 Å². The third kappa shape index (κ3) is 5.87. The largest absolute Gasteiger partial charge is 0.357 e. The summed E-state index contributed by atoms with van der Waals surface area (Å²) in [5.41, 5.74) is 2.65. The second kappa shape index (κ2) is 9.59. The van der Waals surface area contributed by atoms with Crippen molar-refractivity contribution in [2.24, 2.45) is 4.99 Å². The fraction of sp³-hybridized carbons (Fsp3) is 0.450. The third-order valence-corrected chi connectivity index (χ3v) is 5.28. The van der Waals surface area contributed by atoms with Gasteiger partial charge in [-0.15, -0.1) is 11.3 Å². The molecule has 1 aromatic heterocycles. The molecule has 0 bridgehead atoms. The SMILES string of the molecule is CCNC(=NCc1ccc(CN2CCCC2)cc1)NCc1cccs1. The molecule has 0 unspecified atom stereocenters. The lowest BCUT2D eigenvalue weighted by atomic mass is 10.1. The van der Waals surface area contributed by atoms with Crippen LogP contribution in [-0.4, -0.2) is 30.5 Å². The number of nitrogens with zero attached hydrogens (tertiary/aromatic N) is 2. The molecular formula is C20H28N4S. The maximum Gasteiger partial charge on any atom is 0.191 e. The first-order valence-corrected chi connectivity index (χ1v) is 10.1. The number of aliphatic imine (C=N–C) groups is 1. The molecule has 2 aromatic rings. The predicted octanol–water partition coefficient (Wildman–Crippen LogP) is 3.60. The summed E-state index contributed by atoms with van der Waals surface area (Å²) < 4.78 is 0. The van der Waals surface area contributed by atoms with Gasteiger partial charge in [0.05, 0.1) is 13.1 Å². The highest BCUT2D eigenvalue weighted by Crippen LogP contribution is 2.13. The van der Waals surface area contributed by atoms with Crippen molar-refractivity contribution in [2.75, 3.05) is 19.6 Å². The van der Waals surface area contributed by atoms with Crippen LogP contribution >= 0.6 is 11.3 Å². The summed E-state index contributed by atoms with van der Waals surface area (Å²) >= 11 is 1.76. The van der Waals surface area contributed by atoms with E-state index in [9.17, 15) is 0 Å². The molecule has 25 heavy (non-hydrogen) atoms. The zero-order chi connectivity index (χ0) is 17.3. The summed E-state index contributed by atoms with van der Waals surface area (Å²) in [4.78, 5) is 8.55. The summed E-state index contributed by atoms with van der Waals surface area (Å²) in [5.74, 6) is 0.872. The van der Waals surface area contributed by atoms with Crippen molar-refractivity contribution in [1.29, 1.82) is 0 Å².